The second-order valence-electron chi connectivity index (χ2n) is 6.52. The van der Waals surface area contributed by atoms with Crippen LogP contribution in [-0.4, -0.2) is 35.3 Å². The number of nitrogens with zero attached hydrogens (tertiary/aromatic N) is 2. The third kappa shape index (κ3) is 5.04. The summed E-state index contributed by atoms with van der Waals surface area (Å²) in [6, 6.07) is 8.42. The van der Waals surface area contributed by atoms with Crippen LogP contribution in [0.4, 0.5) is 0 Å². The number of aromatic hydroxyl groups is 1. The number of benzene rings is 1. The molecule has 0 bridgehead atoms. The second-order valence-corrected chi connectivity index (χ2v) is 6.52. The van der Waals surface area contributed by atoms with Crippen molar-refractivity contribution in [3.63, 3.8) is 0 Å². The van der Waals surface area contributed by atoms with Crippen molar-refractivity contribution in [3.8, 4) is 17.7 Å². The van der Waals surface area contributed by atoms with E-state index in [1.165, 1.54) is 6.92 Å². The van der Waals surface area contributed by atoms with Crippen molar-refractivity contribution in [3.05, 3.63) is 56.9 Å². The Kier molecular flexibility index (Phi) is 7.98. The number of ether oxygens (including phenoxy) is 2. The average Bonchev–Trinajstić information content (AvgIpc) is 2.72. The van der Waals surface area contributed by atoms with E-state index in [2.05, 4.69) is 0 Å². The van der Waals surface area contributed by atoms with E-state index in [-0.39, 0.29) is 23.2 Å². The van der Waals surface area contributed by atoms with Crippen molar-refractivity contribution in [2.24, 2.45) is 0 Å². The molecule has 0 aliphatic carbocycles. The van der Waals surface area contributed by atoms with Crippen molar-refractivity contribution in [2.45, 2.75) is 40.2 Å². The summed E-state index contributed by atoms with van der Waals surface area (Å²) >= 11 is 0. The molecule has 0 radical (unpaired) electrons. The third-order valence-electron chi connectivity index (χ3n) is 4.49. The van der Waals surface area contributed by atoms with E-state index in [0.717, 1.165) is 11.0 Å². The molecule has 1 heterocycles. The summed E-state index contributed by atoms with van der Waals surface area (Å²) in [4.78, 5) is 25.6. The van der Waals surface area contributed by atoms with E-state index in [4.69, 9.17) is 9.47 Å². The van der Waals surface area contributed by atoms with E-state index >= 15 is 0 Å². The summed E-state index contributed by atoms with van der Waals surface area (Å²) in [5.41, 5.74) is -0.299. The van der Waals surface area contributed by atoms with Crippen molar-refractivity contribution >= 4 is 5.78 Å². The Morgan fingerprint density at radius 2 is 1.90 bits per heavy atom. The van der Waals surface area contributed by atoms with Gasteiger partial charge in [0.25, 0.3) is 5.56 Å². The summed E-state index contributed by atoms with van der Waals surface area (Å²) in [6.07, 6.45) is 1.34. The van der Waals surface area contributed by atoms with Gasteiger partial charge >= 0.3 is 0 Å². The number of hydrogen-bond donors (Lipinski definition) is 1. The molecule has 29 heavy (non-hydrogen) atoms. The molecule has 0 unspecified atom stereocenters. The Balaban J connectivity index is 2.44. The molecule has 0 aliphatic heterocycles. The van der Waals surface area contributed by atoms with Crippen molar-refractivity contribution in [1.82, 2.24) is 4.57 Å². The first-order chi connectivity index (χ1) is 14.0. The molecule has 0 aliphatic rings. The fourth-order valence-electron chi connectivity index (χ4n) is 2.97. The number of carbonyl (C=O) groups excluding carboxylic acids is 1. The minimum atomic E-state index is -0.612. The van der Waals surface area contributed by atoms with Crippen molar-refractivity contribution in [1.29, 1.82) is 5.26 Å². The molecular formula is C22H26N2O5. The molecule has 0 saturated heterocycles. The van der Waals surface area contributed by atoms with Gasteiger partial charge in [0.1, 0.15) is 17.4 Å². The number of ketones is 1. The number of carbonyl (C=O) groups is 1. The average molecular weight is 398 g/mol. The standard InChI is InChI=1S/C22H26N2O5/c1-4-12-29-17-9-7-16(8-10-17)20(25)19-15(3)18(14-23)21(26)24(22(19)27)11-6-13-28-5-2/h7-10,27H,4-6,11-13H2,1-3H3. The zero-order valence-electron chi connectivity index (χ0n) is 17.0. The van der Waals surface area contributed by atoms with Gasteiger partial charge in [-0.25, -0.2) is 0 Å². The summed E-state index contributed by atoms with van der Waals surface area (Å²) < 4.78 is 11.8. The van der Waals surface area contributed by atoms with Gasteiger partial charge < -0.3 is 14.6 Å². The van der Waals surface area contributed by atoms with Crippen LogP contribution in [0.1, 0.15) is 53.7 Å². The summed E-state index contributed by atoms with van der Waals surface area (Å²) in [5, 5.41) is 20.1. The maximum atomic E-state index is 13.1. The summed E-state index contributed by atoms with van der Waals surface area (Å²) in [5.74, 6) is -0.251. The lowest BCUT2D eigenvalue weighted by Gasteiger charge is -2.15. The number of nitriles is 1. The minimum absolute atomic E-state index is 0.0419. The van der Waals surface area contributed by atoms with Gasteiger partial charge in [-0.1, -0.05) is 6.92 Å². The molecule has 1 aromatic carbocycles. The number of pyridine rings is 1. The van der Waals surface area contributed by atoms with Gasteiger partial charge in [-0.05, 0) is 56.5 Å². The lowest BCUT2D eigenvalue weighted by molar-refractivity contribution is 0.103. The fourth-order valence-corrected chi connectivity index (χ4v) is 2.97. The van der Waals surface area contributed by atoms with Gasteiger partial charge in [-0.3, -0.25) is 14.2 Å². The van der Waals surface area contributed by atoms with E-state index in [1.807, 2.05) is 19.9 Å². The minimum Gasteiger partial charge on any atom is -0.494 e. The molecule has 2 aromatic rings. The highest BCUT2D eigenvalue weighted by Gasteiger charge is 2.24. The second kappa shape index (κ2) is 10.4. The molecule has 0 saturated carbocycles. The molecular weight excluding hydrogens is 372 g/mol. The predicted molar refractivity (Wildman–Crippen MR) is 109 cm³/mol. The van der Waals surface area contributed by atoms with Crippen LogP contribution in [-0.2, 0) is 11.3 Å². The van der Waals surface area contributed by atoms with E-state index in [0.29, 0.717) is 37.6 Å². The van der Waals surface area contributed by atoms with Gasteiger partial charge in [-0.2, -0.15) is 5.26 Å². The molecule has 7 heteroatoms. The van der Waals surface area contributed by atoms with Crippen molar-refractivity contribution in [2.75, 3.05) is 19.8 Å². The molecule has 0 atom stereocenters. The number of aromatic nitrogens is 1. The summed E-state index contributed by atoms with van der Waals surface area (Å²) in [6.45, 7) is 7.02. The summed E-state index contributed by atoms with van der Waals surface area (Å²) in [7, 11) is 0. The lowest BCUT2D eigenvalue weighted by atomic mass is 9.97. The Labute approximate surface area is 170 Å². The van der Waals surface area contributed by atoms with Crippen LogP contribution in [0, 0.1) is 18.3 Å². The Hall–Kier alpha value is -3.11. The van der Waals surface area contributed by atoms with Gasteiger partial charge in [0.05, 0.1) is 12.2 Å². The van der Waals surface area contributed by atoms with Crippen LogP contribution in [0.3, 0.4) is 0 Å². The topological polar surface area (TPSA) is 102 Å². The van der Waals surface area contributed by atoms with Crippen LogP contribution in [0.5, 0.6) is 11.6 Å². The molecule has 0 fully saturated rings. The van der Waals surface area contributed by atoms with E-state index in [9.17, 15) is 20.0 Å². The van der Waals surface area contributed by atoms with Crippen LogP contribution in [0.2, 0.25) is 0 Å². The third-order valence-corrected chi connectivity index (χ3v) is 4.49. The highest BCUT2D eigenvalue weighted by Crippen LogP contribution is 2.26. The van der Waals surface area contributed by atoms with Crippen LogP contribution in [0.15, 0.2) is 29.1 Å². The molecule has 0 spiro atoms. The molecule has 1 N–H and O–H groups in total. The van der Waals surface area contributed by atoms with E-state index < -0.39 is 17.2 Å². The van der Waals surface area contributed by atoms with Crippen molar-refractivity contribution < 1.29 is 19.4 Å². The van der Waals surface area contributed by atoms with Gasteiger partial charge in [0, 0.05) is 25.3 Å². The predicted octanol–water partition coefficient (Wildman–Crippen LogP) is 3.18. The van der Waals surface area contributed by atoms with Crippen LogP contribution in [0.25, 0.3) is 0 Å². The largest absolute Gasteiger partial charge is 0.494 e. The zero-order valence-corrected chi connectivity index (χ0v) is 17.0. The Morgan fingerprint density at radius 1 is 1.21 bits per heavy atom. The first-order valence-corrected chi connectivity index (χ1v) is 9.67. The molecule has 7 nitrogen and oxygen atoms in total. The zero-order chi connectivity index (χ0) is 21.4. The SMILES string of the molecule is CCCOc1ccc(C(=O)c2c(C)c(C#N)c(=O)n(CCCOCC)c2O)cc1. The first kappa shape index (κ1) is 22.2. The smallest absolute Gasteiger partial charge is 0.271 e. The van der Waals surface area contributed by atoms with Gasteiger partial charge in [-0.15, -0.1) is 0 Å². The lowest BCUT2D eigenvalue weighted by Crippen LogP contribution is -2.27. The van der Waals surface area contributed by atoms with E-state index in [1.54, 1.807) is 24.3 Å². The quantitative estimate of drug-likeness (QED) is 0.487. The maximum Gasteiger partial charge on any atom is 0.271 e. The van der Waals surface area contributed by atoms with Gasteiger partial charge in [0.2, 0.25) is 5.88 Å². The molecule has 1 aromatic heterocycles. The monoisotopic (exact) mass is 398 g/mol. The molecule has 154 valence electrons. The van der Waals surface area contributed by atoms with Crippen LogP contribution >= 0.6 is 0 Å². The highest BCUT2D eigenvalue weighted by atomic mass is 16.5. The first-order valence-electron chi connectivity index (χ1n) is 9.67. The maximum absolute atomic E-state index is 13.1. The highest BCUT2D eigenvalue weighted by molar-refractivity contribution is 6.11. The Morgan fingerprint density at radius 3 is 2.48 bits per heavy atom. The van der Waals surface area contributed by atoms with Gasteiger partial charge in [0.15, 0.2) is 5.78 Å². The van der Waals surface area contributed by atoms with Crippen LogP contribution < -0.4 is 10.3 Å². The normalized spacial score (nSPS) is 10.6. The molecule has 0 amide bonds. The number of rotatable bonds is 10. The molecule has 2 rings (SSSR count). The Bertz CT molecular complexity index is 955. The number of hydrogen-bond acceptors (Lipinski definition) is 6. The fraction of sp³-hybridized carbons (Fsp3) is 0.409.